The number of nitrogens with one attached hydrogen (secondary N) is 1. The molecule has 1 atom stereocenters. The lowest BCUT2D eigenvalue weighted by Crippen LogP contribution is -2.33. The number of rotatable bonds is 9. The van der Waals surface area contributed by atoms with Crippen LogP contribution in [0, 0.1) is 11.8 Å². The SMILES string of the molecule is CC(C)CC(CNC(=O)CCc1cnn(-c2ccccc2)c1)C(=O)O. The quantitative estimate of drug-likeness (QED) is 0.733. The minimum Gasteiger partial charge on any atom is -0.481 e. The average molecular weight is 343 g/mol. The van der Waals surface area contributed by atoms with E-state index in [2.05, 4.69) is 10.4 Å². The van der Waals surface area contributed by atoms with Gasteiger partial charge in [0.1, 0.15) is 0 Å². The highest BCUT2D eigenvalue weighted by Crippen LogP contribution is 2.12. The molecule has 0 spiro atoms. The molecule has 2 aromatic rings. The molecule has 2 rings (SSSR count). The van der Waals surface area contributed by atoms with Gasteiger partial charge in [0.05, 0.1) is 17.8 Å². The summed E-state index contributed by atoms with van der Waals surface area (Å²) in [6.07, 6.45) is 5.09. The highest BCUT2D eigenvalue weighted by molar-refractivity contribution is 5.77. The highest BCUT2D eigenvalue weighted by Gasteiger charge is 2.19. The minimum atomic E-state index is -0.863. The molecule has 134 valence electrons. The number of benzene rings is 1. The van der Waals surface area contributed by atoms with Gasteiger partial charge < -0.3 is 10.4 Å². The van der Waals surface area contributed by atoms with Crippen molar-refractivity contribution in [1.82, 2.24) is 15.1 Å². The maximum Gasteiger partial charge on any atom is 0.308 e. The fourth-order valence-electron chi connectivity index (χ4n) is 2.63. The number of aliphatic carboxylic acids is 1. The highest BCUT2D eigenvalue weighted by atomic mass is 16.4. The van der Waals surface area contributed by atoms with Crippen LogP contribution in [0.15, 0.2) is 42.7 Å². The predicted octanol–water partition coefficient (Wildman–Crippen LogP) is 2.67. The van der Waals surface area contributed by atoms with Crippen molar-refractivity contribution < 1.29 is 14.7 Å². The smallest absolute Gasteiger partial charge is 0.308 e. The number of carboxylic acid groups (broad SMARTS) is 1. The van der Waals surface area contributed by atoms with Crippen molar-refractivity contribution in [3.63, 3.8) is 0 Å². The Bertz CT molecular complexity index is 695. The molecule has 0 saturated heterocycles. The molecule has 1 unspecified atom stereocenters. The number of hydrogen-bond acceptors (Lipinski definition) is 3. The fourth-order valence-corrected chi connectivity index (χ4v) is 2.63. The predicted molar refractivity (Wildman–Crippen MR) is 95.5 cm³/mol. The van der Waals surface area contributed by atoms with Crippen LogP contribution in [0.1, 0.15) is 32.3 Å². The molecule has 1 heterocycles. The van der Waals surface area contributed by atoms with E-state index in [0.29, 0.717) is 19.3 Å². The van der Waals surface area contributed by atoms with Crippen molar-refractivity contribution >= 4 is 11.9 Å². The average Bonchev–Trinajstić information content (AvgIpc) is 3.06. The molecule has 0 bridgehead atoms. The summed E-state index contributed by atoms with van der Waals surface area (Å²) in [5.41, 5.74) is 1.94. The maximum atomic E-state index is 12.0. The van der Waals surface area contributed by atoms with Crippen LogP contribution in [-0.4, -0.2) is 33.3 Å². The Labute approximate surface area is 147 Å². The van der Waals surface area contributed by atoms with Gasteiger partial charge in [-0.3, -0.25) is 9.59 Å². The zero-order valence-electron chi connectivity index (χ0n) is 14.7. The van der Waals surface area contributed by atoms with Gasteiger partial charge in [0.15, 0.2) is 0 Å². The lowest BCUT2D eigenvalue weighted by Gasteiger charge is -2.15. The van der Waals surface area contributed by atoms with Crippen LogP contribution in [0.4, 0.5) is 0 Å². The molecule has 0 aliphatic carbocycles. The summed E-state index contributed by atoms with van der Waals surface area (Å²) >= 11 is 0. The Hall–Kier alpha value is -2.63. The molecule has 1 aromatic heterocycles. The van der Waals surface area contributed by atoms with Crippen LogP contribution in [0.5, 0.6) is 0 Å². The third-order valence-electron chi connectivity index (χ3n) is 3.95. The van der Waals surface area contributed by atoms with Gasteiger partial charge in [-0.1, -0.05) is 32.0 Å². The van der Waals surface area contributed by atoms with Crippen LogP contribution >= 0.6 is 0 Å². The van der Waals surface area contributed by atoms with E-state index in [1.807, 2.05) is 50.4 Å². The van der Waals surface area contributed by atoms with Crippen molar-refractivity contribution in [3.8, 4) is 5.69 Å². The van der Waals surface area contributed by atoms with E-state index < -0.39 is 11.9 Å². The molecule has 6 nitrogen and oxygen atoms in total. The van der Waals surface area contributed by atoms with Gasteiger partial charge in [-0.2, -0.15) is 5.10 Å². The van der Waals surface area contributed by atoms with E-state index >= 15 is 0 Å². The molecule has 0 fully saturated rings. The number of carboxylic acids is 1. The molecule has 0 radical (unpaired) electrons. The molecule has 0 aliphatic heterocycles. The van der Waals surface area contributed by atoms with Gasteiger partial charge >= 0.3 is 5.97 Å². The third-order valence-corrected chi connectivity index (χ3v) is 3.95. The number of para-hydroxylation sites is 1. The molecule has 2 N–H and O–H groups in total. The van der Waals surface area contributed by atoms with Crippen LogP contribution in [0.25, 0.3) is 5.69 Å². The molecule has 0 aliphatic rings. The van der Waals surface area contributed by atoms with Gasteiger partial charge in [-0.05, 0) is 36.5 Å². The van der Waals surface area contributed by atoms with Gasteiger partial charge in [0.2, 0.25) is 5.91 Å². The normalized spacial score (nSPS) is 12.1. The fraction of sp³-hybridized carbons (Fsp3) is 0.421. The lowest BCUT2D eigenvalue weighted by molar-refractivity contribution is -0.142. The number of amides is 1. The van der Waals surface area contributed by atoms with Crippen LogP contribution in [0.2, 0.25) is 0 Å². The minimum absolute atomic E-state index is 0.137. The summed E-state index contributed by atoms with van der Waals surface area (Å²) in [6, 6.07) is 9.76. The standard InChI is InChI=1S/C19H25N3O3/c1-14(2)10-16(19(24)25)12-20-18(23)9-8-15-11-21-22(13-15)17-6-4-3-5-7-17/h3-7,11,13-14,16H,8-10,12H2,1-2H3,(H,20,23)(H,24,25). The van der Waals surface area contributed by atoms with Crippen molar-refractivity contribution in [2.45, 2.75) is 33.1 Å². The number of hydrogen-bond donors (Lipinski definition) is 2. The topological polar surface area (TPSA) is 84.2 Å². The molecule has 6 heteroatoms. The first-order chi connectivity index (χ1) is 12.0. The second-order valence-electron chi connectivity index (χ2n) is 6.60. The van der Waals surface area contributed by atoms with Crippen LogP contribution in [0.3, 0.4) is 0 Å². The third kappa shape index (κ3) is 6.06. The summed E-state index contributed by atoms with van der Waals surface area (Å²) in [5, 5.41) is 16.2. The Kier molecular flexibility index (Phi) is 6.74. The second kappa shape index (κ2) is 9.01. The van der Waals surface area contributed by atoms with Crippen molar-refractivity contribution in [1.29, 1.82) is 0 Å². The van der Waals surface area contributed by atoms with E-state index in [-0.39, 0.29) is 18.4 Å². The number of aromatic nitrogens is 2. The summed E-state index contributed by atoms with van der Waals surface area (Å²) in [4.78, 5) is 23.2. The Morgan fingerprint density at radius 1 is 1.24 bits per heavy atom. The zero-order valence-corrected chi connectivity index (χ0v) is 14.7. The summed E-state index contributed by atoms with van der Waals surface area (Å²) < 4.78 is 1.77. The molecule has 25 heavy (non-hydrogen) atoms. The van der Waals surface area contributed by atoms with E-state index in [1.165, 1.54) is 0 Å². The molecule has 1 aromatic carbocycles. The lowest BCUT2D eigenvalue weighted by atomic mass is 9.97. The number of aryl methyl sites for hydroxylation is 1. The van der Waals surface area contributed by atoms with E-state index in [1.54, 1.807) is 10.9 Å². The Morgan fingerprint density at radius 2 is 1.96 bits per heavy atom. The second-order valence-corrected chi connectivity index (χ2v) is 6.60. The van der Waals surface area contributed by atoms with Crippen LogP contribution in [-0.2, 0) is 16.0 Å². The zero-order chi connectivity index (χ0) is 18.2. The molecule has 1 amide bonds. The largest absolute Gasteiger partial charge is 0.481 e. The van der Waals surface area contributed by atoms with Crippen molar-refractivity contribution in [2.24, 2.45) is 11.8 Å². The first kappa shape index (κ1) is 18.7. The van der Waals surface area contributed by atoms with Crippen molar-refractivity contribution in [3.05, 3.63) is 48.3 Å². The van der Waals surface area contributed by atoms with Gasteiger partial charge in [0.25, 0.3) is 0 Å². The Morgan fingerprint density at radius 3 is 2.60 bits per heavy atom. The van der Waals surface area contributed by atoms with Gasteiger partial charge in [-0.15, -0.1) is 0 Å². The summed E-state index contributed by atoms with van der Waals surface area (Å²) in [6.45, 7) is 4.12. The monoisotopic (exact) mass is 343 g/mol. The van der Waals surface area contributed by atoms with Gasteiger partial charge in [-0.25, -0.2) is 4.68 Å². The van der Waals surface area contributed by atoms with Gasteiger partial charge in [0, 0.05) is 19.2 Å². The Balaban J connectivity index is 1.80. The molecular formula is C19H25N3O3. The number of carbonyl (C=O) groups excluding carboxylic acids is 1. The van der Waals surface area contributed by atoms with E-state index in [4.69, 9.17) is 0 Å². The van der Waals surface area contributed by atoms with E-state index in [9.17, 15) is 14.7 Å². The first-order valence-electron chi connectivity index (χ1n) is 8.54. The number of carbonyl (C=O) groups is 2. The summed E-state index contributed by atoms with van der Waals surface area (Å²) in [7, 11) is 0. The molecular weight excluding hydrogens is 318 g/mol. The maximum absolute atomic E-state index is 12.0. The first-order valence-corrected chi connectivity index (χ1v) is 8.54. The van der Waals surface area contributed by atoms with Crippen LogP contribution < -0.4 is 5.32 Å². The van der Waals surface area contributed by atoms with Crippen molar-refractivity contribution in [2.75, 3.05) is 6.54 Å². The summed E-state index contributed by atoms with van der Waals surface area (Å²) in [5.74, 6) is -1.26. The van der Waals surface area contributed by atoms with E-state index in [0.717, 1.165) is 11.3 Å². The number of nitrogens with zero attached hydrogens (tertiary/aromatic N) is 2. The molecule has 0 saturated carbocycles.